The molecule has 0 saturated carbocycles. The van der Waals surface area contributed by atoms with Crippen LogP contribution in [0.1, 0.15) is 100 Å². The van der Waals surface area contributed by atoms with Gasteiger partial charge in [-0.3, -0.25) is 39.0 Å². The molecule has 2 aromatic carbocycles. The number of allylic oxidation sites excluding steroid dienone is 1. The summed E-state index contributed by atoms with van der Waals surface area (Å²) in [6.45, 7) is 15.4. The zero-order valence-corrected chi connectivity index (χ0v) is 47.4. The Morgan fingerprint density at radius 3 is 2.09 bits per heavy atom. The number of benzene rings is 2. The van der Waals surface area contributed by atoms with Crippen molar-refractivity contribution in [1.29, 1.82) is 0 Å². The van der Waals surface area contributed by atoms with Crippen LogP contribution < -0.4 is 31.9 Å². The van der Waals surface area contributed by atoms with Crippen LogP contribution in [0.2, 0.25) is 6.82 Å². The van der Waals surface area contributed by atoms with E-state index in [4.69, 9.17) is 0 Å². The zero-order chi connectivity index (χ0) is 58.3. The molecule has 3 aromatic heterocycles. The van der Waals surface area contributed by atoms with Crippen molar-refractivity contribution >= 4 is 87.6 Å². The van der Waals surface area contributed by atoms with Gasteiger partial charge in [0.25, 0.3) is 29.3 Å². The molecule has 0 unspecified atom stereocenters. The molecule has 7 rings (SSSR count). The molecule has 26 nitrogen and oxygen atoms in total. The number of carbonyl (C=O) groups is 6. The number of nitrogens with one attached hydrogen (secondary N) is 6. The number of likely N-dealkylation sites (N-methyl/N-ethyl adjacent to an activating group) is 1. The summed E-state index contributed by atoms with van der Waals surface area (Å²) >= 11 is 0. The molecular formula is C54H73BN18O8. The van der Waals surface area contributed by atoms with E-state index in [9.17, 15) is 38.9 Å². The van der Waals surface area contributed by atoms with Crippen molar-refractivity contribution in [1.82, 2.24) is 64.2 Å². The Morgan fingerprint density at radius 1 is 0.790 bits per heavy atom. The van der Waals surface area contributed by atoms with Gasteiger partial charge in [-0.15, -0.1) is 0 Å². The standard InChI is InChI=1S/C54H73BN18O8/c1-9-11-17-39(58-41(10-2)63-51(76)48-62-44(33-69(48)8)65-52(77)49-61-43(32-68(49)7)60-46(74)34-66(4)5)50(75)64-42-31-67(6)45(59-42)30-56-20-18-40(55-3)57-19-13-21-70-24-26-71(27-25-70)22-14-23-72-53(78)37-16-12-15-35-28-36(73(80)81)29-38(47(35)37)54(72)79/h10,12,15-16,28-29,31-33,56-57H,9,11,13-14,17-27,30,34H2,1-8H3,(H,60,74)(H,63,76)(H,64,75)(H,65,77)/b41-10+,58-39+. The molecule has 0 aliphatic carbocycles. The van der Waals surface area contributed by atoms with Crippen LogP contribution in [-0.4, -0.2) is 186 Å². The Balaban J connectivity index is 0.798. The molecule has 2 aliphatic rings. The molecule has 0 spiro atoms. The number of carbonyl (C=O) groups excluding carboxylic acids is 6. The Morgan fingerprint density at radius 2 is 1.43 bits per heavy atom. The summed E-state index contributed by atoms with van der Waals surface area (Å²) in [6, 6.07) is 7.72. The average molecular weight is 1110 g/mol. The number of hydrogen-bond donors (Lipinski definition) is 6. The monoisotopic (exact) mass is 1110 g/mol. The van der Waals surface area contributed by atoms with Crippen LogP contribution in [0.15, 0.2) is 65.8 Å². The van der Waals surface area contributed by atoms with Gasteiger partial charge in [0.1, 0.15) is 5.82 Å². The van der Waals surface area contributed by atoms with Gasteiger partial charge >= 0.3 is 192 Å². The first-order valence-electron chi connectivity index (χ1n) is 27.2. The first-order valence-corrected chi connectivity index (χ1v) is 27.2. The van der Waals surface area contributed by atoms with Crippen molar-refractivity contribution in [3.05, 3.63) is 99.5 Å². The fourth-order valence-electron chi connectivity index (χ4n) is 9.53. The Hall–Kier alpha value is -8.27. The maximum absolute atomic E-state index is 13.7. The van der Waals surface area contributed by atoms with E-state index < -0.39 is 28.6 Å². The van der Waals surface area contributed by atoms with Crippen LogP contribution in [0.5, 0.6) is 0 Å². The minimum absolute atomic E-state index is 0.0143. The number of aromatic nitrogens is 6. The van der Waals surface area contributed by atoms with Gasteiger partial charge in [0, 0.05) is 49.6 Å². The van der Waals surface area contributed by atoms with E-state index in [-0.39, 0.29) is 71.0 Å². The van der Waals surface area contributed by atoms with Crippen molar-refractivity contribution in [2.45, 2.75) is 65.7 Å². The van der Waals surface area contributed by atoms with Gasteiger partial charge in [0.15, 0.2) is 11.6 Å². The van der Waals surface area contributed by atoms with Crippen LogP contribution in [0.4, 0.5) is 23.1 Å². The molecule has 1 saturated heterocycles. The summed E-state index contributed by atoms with van der Waals surface area (Å²) in [6.07, 6.45) is 10.5. The number of non-ortho nitro benzene ring substituents is 1. The van der Waals surface area contributed by atoms with E-state index in [0.717, 1.165) is 76.5 Å². The van der Waals surface area contributed by atoms with Crippen LogP contribution >= 0.6 is 0 Å². The number of hydrogen-bond acceptors (Lipinski definition) is 17. The molecule has 430 valence electrons. The number of rotatable bonds is 28. The first-order chi connectivity index (χ1) is 38.8. The topological polar surface area (TPSA) is 297 Å². The normalized spacial score (nSPS) is 14.4. The number of nitro benzene ring substituents is 1. The number of imidazole rings is 3. The number of imide groups is 1. The third-order valence-electron chi connectivity index (χ3n) is 13.8. The van der Waals surface area contributed by atoms with E-state index in [1.54, 1.807) is 70.5 Å². The van der Waals surface area contributed by atoms with Crippen LogP contribution in [-0.2, 0) is 37.3 Å². The van der Waals surface area contributed by atoms with Gasteiger partial charge in [-0.05, 0) is 45.0 Å². The molecule has 2 aliphatic heterocycles. The number of aliphatic imine (C=N–C) groups is 1. The maximum atomic E-state index is 13.7. The Bertz CT molecular complexity index is 3240. The fourth-order valence-corrected chi connectivity index (χ4v) is 9.53. The molecule has 27 heteroatoms. The number of nitrogens with zero attached hydrogens (tertiary/aromatic N) is 12. The molecule has 1 fully saturated rings. The summed E-state index contributed by atoms with van der Waals surface area (Å²) < 4.78 is 4.75. The third-order valence-corrected chi connectivity index (χ3v) is 13.8. The van der Waals surface area contributed by atoms with E-state index in [0.29, 0.717) is 54.5 Å². The zero-order valence-electron chi connectivity index (χ0n) is 47.4. The predicted octanol–water partition coefficient (Wildman–Crippen LogP) is 3.21. The van der Waals surface area contributed by atoms with Crippen molar-refractivity contribution in [2.75, 3.05) is 95.5 Å². The van der Waals surface area contributed by atoms with Crippen molar-refractivity contribution in [3.8, 4) is 0 Å². The predicted molar refractivity (Wildman–Crippen MR) is 311 cm³/mol. The van der Waals surface area contributed by atoms with Gasteiger partial charge in [-0.25, -0.2) is 9.97 Å². The number of amides is 6. The number of unbranched alkanes of at least 4 members (excludes halogenated alkanes) is 1. The second kappa shape index (κ2) is 28.2. The van der Waals surface area contributed by atoms with Gasteiger partial charge in [0.2, 0.25) is 17.6 Å². The number of anilines is 3. The van der Waals surface area contributed by atoms with Gasteiger partial charge < -0.3 is 30.0 Å². The van der Waals surface area contributed by atoms with Crippen LogP contribution in [0.25, 0.3) is 10.8 Å². The van der Waals surface area contributed by atoms with Gasteiger partial charge in [-0.1, -0.05) is 25.5 Å². The van der Waals surface area contributed by atoms with E-state index >= 15 is 0 Å². The molecule has 0 atom stereocenters. The Kier molecular flexibility index (Phi) is 21.1. The minimum atomic E-state index is -0.622. The second-order valence-corrected chi connectivity index (χ2v) is 20.2. The summed E-state index contributed by atoms with van der Waals surface area (Å²) in [5, 5.41) is 30.5. The molecule has 5 aromatic rings. The molecule has 81 heavy (non-hydrogen) atoms. The van der Waals surface area contributed by atoms with Crippen LogP contribution in [0.3, 0.4) is 0 Å². The van der Waals surface area contributed by atoms with E-state index in [2.05, 4.69) is 68.6 Å². The molecule has 0 radical (unpaired) electrons. The molecule has 5 heterocycles. The summed E-state index contributed by atoms with van der Waals surface area (Å²) in [7, 11) is 8.59. The SMILES string of the molecule is CB=C(CCNCc1nc(NC(=O)/C(CCCC)=N/C(=C\C)NC(=O)c2nc(NC(=O)c3nc(NC(=O)CN(C)C)cn3C)cn2C)cn1C)NCCCN1CCN(CCCN2C(=O)c3cccc4cc([N+](=O)[O-])cc(c34)C2=O)CC1. The summed E-state index contributed by atoms with van der Waals surface area (Å²) in [5.74, 6) is -1.33. The van der Waals surface area contributed by atoms with Gasteiger partial charge in [0.05, 0.1) is 17.0 Å². The van der Waals surface area contributed by atoms with Crippen molar-refractivity contribution in [2.24, 2.45) is 26.1 Å². The van der Waals surface area contributed by atoms with Gasteiger partial charge in [-0.2, -0.15) is 0 Å². The number of nitro groups is 1. The first kappa shape index (κ1) is 60.4. The summed E-state index contributed by atoms with van der Waals surface area (Å²) in [4.78, 5) is 116. The van der Waals surface area contributed by atoms with E-state index in [1.807, 2.05) is 25.4 Å². The average Bonchev–Trinajstić information content (AvgIpc) is 4.13. The summed E-state index contributed by atoms with van der Waals surface area (Å²) in [5.41, 5.74) is 1.75. The van der Waals surface area contributed by atoms with Crippen molar-refractivity contribution in [3.63, 3.8) is 0 Å². The van der Waals surface area contributed by atoms with Crippen LogP contribution in [0, 0.1) is 10.1 Å². The second-order valence-electron chi connectivity index (χ2n) is 20.2. The molecule has 6 N–H and O–H groups in total. The number of piperazine rings is 1. The van der Waals surface area contributed by atoms with Crippen molar-refractivity contribution < 1.29 is 33.7 Å². The number of aryl methyl sites for hydroxylation is 3. The third kappa shape index (κ3) is 16.0. The Labute approximate surface area is 470 Å². The fraction of sp³-hybridized carbons (Fsp3) is 0.463. The molecular weight excluding hydrogens is 1040 g/mol. The molecule has 6 amide bonds. The van der Waals surface area contributed by atoms with E-state index in [1.165, 1.54) is 38.6 Å². The quantitative estimate of drug-likeness (QED) is 0.0105. The molecule has 0 bridgehead atoms.